The average molecular weight is 161 g/mol. The number of rotatable bonds is 4. The molecule has 0 unspecified atom stereocenters. The normalized spacial score (nSPS) is 10.2. The van der Waals surface area contributed by atoms with Gasteiger partial charge in [0.15, 0.2) is 0 Å². The van der Waals surface area contributed by atoms with Crippen LogP contribution >= 0.6 is 0 Å². The maximum absolute atomic E-state index is 3.20. The van der Waals surface area contributed by atoms with Crippen molar-refractivity contribution in [1.29, 1.82) is 0 Å². The molecule has 0 atom stereocenters. The Morgan fingerprint density at radius 1 is 1.00 bits per heavy atom. The summed E-state index contributed by atoms with van der Waals surface area (Å²) in [7, 11) is 0. The van der Waals surface area contributed by atoms with E-state index in [2.05, 4.69) is 38.1 Å². The Kier molecular flexibility index (Phi) is 3.86. The smallest absolute Gasteiger partial charge is 0.0178 e. The third-order valence-corrected chi connectivity index (χ3v) is 1.99. The van der Waals surface area contributed by atoms with Gasteiger partial charge in [0.25, 0.3) is 0 Å². The molecule has 0 nitrogen and oxygen atoms in total. The quantitative estimate of drug-likeness (QED) is 0.635. The van der Waals surface area contributed by atoms with Crippen LogP contribution in [0.5, 0.6) is 0 Å². The first-order chi connectivity index (χ1) is 5.86. The van der Waals surface area contributed by atoms with Gasteiger partial charge in [-0.05, 0) is 30.0 Å². The highest BCUT2D eigenvalue weighted by Gasteiger charge is 1.93. The van der Waals surface area contributed by atoms with Gasteiger partial charge in [0.05, 0.1) is 0 Å². The van der Waals surface area contributed by atoms with Crippen molar-refractivity contribution in [3.05, 3.63) is 35.4 Å². The minimum Gasteiger partial charge on any atom is -0.0651 e. The lowest BCUT2D eigenvalue weighted by molar-refractivity contribution is 0.895. The molecule has 0 aromatic heterocycles. The Hall–Kier alpha value is -0.780. The molecule has 65 valence electrons. The molecule has 1 aromatic rings. The van der Waals surface area contributed by atoms with Gasteiger partial charge in [-0.25, -0.2) is 0 Å². The van der Waals surface area contributed by atoms with Crippen molar-refractivity contribution in [2.24, 2.45) is 0 Å². The van der Waals surface area contributed by atoms with Crippen LogP contribution in [0.15, 0.2) is 18.2 Å². The lowest BCUT2D eigenvalue weighted by Gasteiger charge is -2.01. The van der Waals surface area contributed by atoms with Crippen LogP contribution in [-0.2, 0) is 12.8 Å². The van der Waals surface area contributed by atoms with E-state index >= 15 is 0 Å². The Balaban J connectivity index is 2.67. The van der Waals surface area contributed by atoms with Crippen molar-refractivity contribution in [3.63, 3.8) is 0 Å². The second-order valence-electron chi connectivity index (χ2n) is 3.25. The first kappa shape index (κ1) is 9.31. The largest absolute Gasteiger partial charge is 0.0651 e. The van der Waals surface area contributed by atoms with Crippen LogP contribution in [0, 0.1) is 6.07 Å². The third-order valence-electron chi connectivity index (χ3n) is 1.99. The fourth-order valence-corrected chi connectivity index (χ4v) is 1.44. The van der Waals surface area contributed by atoms with E-state index in [0.717, 1.165) is 0 Å². The summed E-state index contributed by atoms with van der Waals surface area (Å²) in [6.07, 6.45) is 4.83. The number of hydrogen-bond acceptors (Lipinski definition) is 0. The van der Waals surface area contributed by atoms with Crippen LogP contribution in [0.3, 0.4) is 0 Å². The SMILES string of the molecule is CCCc1c[c]cc(CCC)c1. The molecule has 0 spiro atoms. The second-order valence-corrected chi connectivity index (χ2v) is 3.25. The minimum absolute atomic E-state index is 1.19. The first-order valence-corrected chi connectivity index (χ1v) is 4.85. The summed E-state index contributed by atoms with van der Waals surface area (Å²) < 4.78 is 0. The molecule has 0 aliphatic rings. The number of benzene rings is 1. The van der Waals surface area contributed by atoms with E-state index in [1.165, 1.54) is 36.8 Å². The van der Waals surface area contributed by atoms with Gasteiger partial charge in [-0.15, -0.1) is 0 Å². The first-order valence-electron chi connectivity index (χ1n) is 4.85. The predicted octanol–water partition coefficient (Wildman–Crippen LogP) is 3.39. The van der Waals surface area contributed by atoms with Crippen LogP contribution in [0.1, 0.15) is 37.8 Å². The molecule has 0 saturated heterocycles. The summed E-state index contributed by atoms with van der Waals surface area (Å²) in [4.78, 5) is 0. The summed E-state index contributed by atoms with van der Waals surface area (Å²) in [5.41, 5.74) is 2.87. The fraction of sp³-hybridized carbons (Fsp3) is 0.500. The highest BCUT2D eigenvalue weighted by molar-refractivity contribution is 5.22. The molecule has 0 N–H and O–H groups in total. The van der Waals surface area contributed by atoms with Crippen LogP contribution in [0.25, 0.3) is 0 Å². The zero-order chi connectivity index (χ0) is 8.81. The van der Waals surface area contributed by atoms with Crippen LogP contribution in [0.2, 0.25) is 0 Å². The zero-order valence-electron chi connectivity index (χ0n) is 8.06. The van der Waals surface area contributed by atoms with Crippen molar-refractivity contribution in [2.45, 2.75) is 39.5 Å². The molecule has 0 fully saturated rings. The molecular formula is C12H17. The predicted molar refractivity (Wildman–Crippen MR) is 53.3 cm³/mol. The van der Waals surface area contributed by atoms with Gasteiger partial charge >= 0.3 is 0 Å². The molecule has 0 saturated carbocycles. The van der Waals surface area contributed by atoms with E-state index in [9.17, 15) is 0 Å². The van der Waals surface area contributed by atoms with E-state index < -0.39 is 0 Å². The molecule has 0 aliphatic carbocycles. The average Bonchev–Trinajstić information content (AvgIpc) is 2.06. The minimum atomic E-state index is 1.19. The summed E-state index contributed by atoms with van der Waals surface area (Å²) in [6.45, 7) is 4.43. The van der Waals surface area contributed by atoms with Gasteiger partial charge < -0.3 is 0 Å². The second kappa shape index (κ2) is 4.97. The Morgan fingerprint density at radius 2 is 1.50 bits per heavy atom. The topological polar surface area (TPSA) is 0 Å². The molecule has 1 aromatic carbocycles. The van der Waals surface area contributed by atoms with Gasteiger partial charge in [0, 0.05) is 0 Å². The van der Waals surface area contributed by atoms with Crippen LogP contribution in [0.4, 0.5) is 0 Å². The van der Waals surface area contributed by atoms with E-state index in [0.29, 0.717) is 0 Å². The Bertz CT molecular complexity index is 204. The molecule has 0 aliphatic heterocycles. The maximum atomic E-state index is 3.20. The van der Waals surface area contributed by atoms with Crippen molar-refractivity contribution in [2.75, 3.05) is 0 Å². The molecule has 0 heterocycles. The molecular weight excluding hydrogens is 144 g/mol. The molecule has 0 heteroatoms. The van der Waals surface area contributed by atoms with Crippen molar-refractivity contribution in [3.8, 4) is 0 Å². The zero-order valence-corrected chi connectivity index (χ0v) is 8.06. The van der Waals surface area contributed by atoms with Gasteiger partial charge in [-0.2, -0.15) is 0 Å². The summed E-state index contributed by atoms with van der Waals surface area (Å²) in [6, 6.07) is 9.71. The Labute approximate surface area is 75.6 Å². The number of aryl methyl sites for hydroxylation is 2. The van der Waals surface area contributed by atoms with E-state index in [-0.39, 0.29) is 0 Å². The Morgan fingerprint density at radius 3 is 1.92 bits per heavy atom. The molecule has 0 amide bonds. The lowest BCUT2D eigenvalue weighted by atomic mass is 10.0. The van der Waals surface area contributed by atoms with Crippen LogP contribution in [-0.4, -0.2) is 0 Å². The van der Waals surface area contributed by atoms with Gasteiger partial charge in [0.1, 0.15) is 0 Å². The van der Waals surface area contributed by atoms with E-state index in [1.54, 1.807) is 0 Å². The highest BCUT2D eigenvalue weighted by atomic mass is 14.0. The lowest BCUT2D eigenvalue weighted by Crippen LogP contribution is -1.87. The summed E-state index contributed by atoms with van der Waals surface area (Å²) in [5.74, 6) is 0. The fourth-order valence-electron chi connectivity index (χ4n) is 1.44. The van der Waals surface area contributed by atoms with Crippen molar-refractivity contribution in [1.82, 2.24) is 0 Å². The highest BCUT2D eigenvalue weighted by Crippen LogP contribution is 2.08. The van der Waals surface area contributed by atoms with Crippen LogP contribution < -0.4 is 0 Å². The molecule has 1 radical (unpaired) electrons. The molecule has 1 rings (SSSR count). The van der Waals surface area contributed by atoms with Gasteiger partial charge in [-0.1, -0.05) is 44.9 Å². The van der Waals surface area contributed by atoms with Crippen molar-refractivity contribution >= 4 is 0 Å². The standard InChI is InChI=1S/C12H17/c1-3-6-11-8-5-9-12(10-11)7-4-2/h8-10H,3-4,6-7H2,1-2H3. The maximum Gasteiger partial charge on any atom is -0.0178 e. The molecule has 0 bridgehead atoms. The van der Waals surface area contributed by atoms with E-state index in [1.807, 2.05) is 0 Å². The van der Waals surface area contributed by atoms with Crippen molar-refractivity contribution < 1.29 is 0 Å². The molecule has 12 heavy (non-hydrogen) atoms. The van der Waals surface area contributed by atoms with E-state index in [4.69, 9.17) is 0 Å². The number of hydrogen-bond donors (Lipinski definition) is 0. The van der Waals surface area contributed by atoms with Gasteiger partial charge in [-0.3, -0.25) is 0 Å². The van der Waals surface area contributed by atoms with Gasteiger partial charge in [0.2, 0.25) is 0 Å². The summed E-state index contributed by atoms with van der Waals surface area (Å²) in [5, 5.41) is 0. The monoisotopic (exact) mass is 161 g/mol. The third kappa shape index (κ3) is 2.69. The summed E-state index contributed by atoms with van der Waals surface area (Å²) >= 11 is 0.